The smallest absolute Gasteiger partial charge is 0.149 e. The van der Waals surface area contributed by atoms with Gasteiger partial charge in [-0.15, -0.1) is 0 Å². The second kappa shape index (κ2) is 4.14. The predicted molar refractivity (Wildman–Crippen MR) is 70.8 cm³/mol. The topological polar surface area (TPSA) is 17.1 Å². The maximum absolute atomic E-state index is 12.4. The minimum absolute atomic E-state index is 0.0868. The van der Waals surface area contributed by atoms with E-state index in [1.807, 2.05) is 25.1 Å². The monoisotopic (exact) mass is 228 g/mol. The Kier molecular flexibility index (Phi) is 2.94. The van der Waals surface area contributed by atoms with Crippen LogP contribution in [0.3, 0.4) is 0 Å². The molecule has 0 amide bonds. The second-order valence-electron chi connectivity index (χ2n) is 5.39. The standard InChI is InChI=1S/C16H20O/c1-11-12(2)15(17)16(4,13(11)3)10-14-8-6-5-7-9-14/h5-9,12H,10H2,1-4H3/t12-,16-/m0/s1. The van der Waals surface area contributed by atoms with E-state index in [9.17, 15) is 4.79 Å². The molecule has 1 aliphatic carbocycles. The van der Waals surface area contributed by atoms with Crippen LogP contribution < -0.4 is 0 Å². The van der Waals surface area contributed by atoms with Gasteiger partial charge in [-0.3, -0.25) is 4.79 Å². The van der Waals surface area contributed by atoms with Crippen molar-refractivity contribution in [3.63, 3.8) is 0 Å². The van der Waals surface area contributed by atoms with Crippen LogP contribution in [0, 0.1) is 11.3 Å². The van der Waals surface area contributed by atoms with Gasteiger partial charge in [-0.25, -0.2) is 0 Å². The molecule has 0 N–H and O–H groups in total. The number of rotatable bonds is 2. The van der Waals surface area contributed by atoms with Crippen LogP contribution in [0.1, 0.15) is 33.3 Å². The van der Waals surface area contributed by atoms with Gasteiger partial charge < -0.3 is 0 Å². The summed E-state index contributed by atoms with van der Waals surface area (Å²) >= 11 is 0. The van der Waals surface area contributed by atoms with Gasteiger partial charge in [0.25, 0.3) is 0 Å². The van der Waals surface area contributed by atoms with E-state index in [1.54, 1.807) is 0 Å². The molecule has 1 nitrogen and oxygen atoms in total. The molecule has 0 aliphatic heterocycles. The van der Waals surface area contributed by atoms with Gasteiger partial charge >= 0.3 is 0 Å². The summed E-state index contributed by atoms with van der Waals surface area (Å²) in [5.41, 5.74) is 3.46. The Labute approximate surface area is 104 Å². The molecule has 1 aliphatic rings. The maximum Gasteiger partial charge on any atom is 0.149 e. The fourth-order valence-electron chi connectivity index (χ4n) is 2.84. The van der Waals surface area contributed by atoms with E-state index in [-0.39, 0.29) is 11.3 Å². The van der Waals surface area contributed by atoms with Crippen molar-refractivity contribution >= 4 is 5.78 Å². The highest BCUT2D eigenvalue weighted by Crippen LogP contribution is 2.44. The van der Waals surface area contributed by atoms with E-state index in [1.165, 1.54) is 16.7 Å². The Morgan fingerprint density at radius 3 is 2.24 bits per heavy atom. The number of ketones is 1. The van der Waals surface area contributed by atoms with Crippen LogP contribution in [0.4, 0.5) is 0 Å². The highest BCUT2D eigenvalue weighted by atomic mass is 16.1. The molecule has 0 saturated carbocycles. The van der Waals surface area contributed by atoms with Crippen LogP contribution in [0.15, 0.2) is 41.5 Å². The molecule has 1 aromatic carbocycles. The number of carbonyl (C=O) groups is 1. The number of Topliss-reactive ketones (excluding diaryl/α,β-unsaturated/α-hetero) is 1. The SMILES string of the molecule is CC1=C(C)[C@](C)(Cc2ccccc2)C(=O)[C@H]1C. The number of carbonyl (C=O) groups excluding carboxylic acids is 1. The third-order valence-corrected chi connectivity index (χ3v) is 4.41. The molecule has 0 fully saturated rings. The molecule has 0 radical (unpaired) electrons. The highest BCUT2D eigenvalue weighted by molar-refractivity contribution is 5.95. The second-order valence-corrected chi connectivity index (χ2v) is 5.39. The fourth-order valence-corrected chi connectivity index (χ4v) is 2.84. The first kappa shape index (κ1) is 12.1. The van der Waals surface area contributed by atoms with Crippen LogP contribution in [-0.4, -0.2) is 5.78 Å². The zero-order valence-corrected chi connectivity index (χ0v) is 11.1. The molecule has 0 bridgehead atoms. The zero-order valence-electron chi connectivity index (χ0n) is 11.1. The van der Waals surface area contributed by atoms with Crippen molar-refractivity contribution in [3.05, 3.63) is 47.0 Å². The van der Waals surface area contributed by atoms with Crippen LogP contribution in [0.5, 0.6) is 0 Å². The van der Waals surface area contributed by atoms with Gasteiger partial charge in [0.1, 0.15) is 5.78 Å². The summed E-state index contributed by atoms with van der Waals surface area (Å²) < 4.78 is 0. The molecule has 0 spiro atoms. The van der Waals surface area contributed by atoms with Gasteiger partial charge in [0.2, 0.25) is 0 Å². The lowest BCUT2D eigenvalue weighted by molar-refractivity contribution is -0.127. The molecule has 0 unspecified atom stereocenters. The van der Waals surface area contributed by atoms with Crippen molar-refractivity contribution in [2.45, 2.75) is 34.1 Å². The third-order valence-electron chi connectivity index (χ3n) is 4.41. The summed E-state index contributed by atoms with van der Waals surface area (Å²) in [6.45, 7) is 8.32. The van der Waals surface area contributed by atoms with Crippen molar-refractivity contribution in [2.24, 2.45) is 11.3 Å². The van der Waals surface area contributed by atoms with E-state index in [0.29, 0.717) is 5.78 Å². The summed E-state index contributed by atoms with van der Waals surface area (Å²) in [5.74, 6) is 0.458. The van der Waals surface area contributed by atoms with Gasteiger partial charge in [-0.1, -0.05) is 48.4 Å². The van der Waals surface area contributed by atoms with Crippen LogP contribution in [0.2, 0.25) is 0 Å². The number of hydrogen-bond acceptors (Lipinski definition) is 1. The van der Waals surface area contributed by atoms with Crippen molar-refractivity contribution < 1.29 is 4.79 Å². The summed E-state index contributed by atoms with van der Waals surface area (Å²) in [5, 5.41) is 0. The van der Waals surface area contributed by atoms with Crippen molar-refractivity contribution in [2.75, 3.05) is 0 Å². The molecule has 1 heteroatoms. The minimum Gasteiger partial charge on any atom is -0.298 e. The molecule has 2 atom stereocenters. The lowest BCUT2D eigenvalue weighted by Gasteiger charge is -2.25. The van der Waals surface area contributed by atoms with E-state index >= 15 is 0 Å². The summed E-state index contributed by atoms with van der Waals surface area (Å²) in [4.78, 5) is 12.4. The van der Waals surface area contributed by atoms with E-state index < -0.39 is 0 Å². The van der Waals surface area contributed by atoms with Crippen molar-refractivity contribution in [1.82, 2.24) is 0 Å². The normalized spacial score (nSPS) is 28.9. The molecular formula is C16H20O. The molecule has 90 valence electrons. The lowest BCUT2D eigenvalue weighted by Crippen LogP contribution is -2.29. The van der Waals surface area contributed by atoms with Gasteiger partial charge in [-0.2, -0.15) is 0 Å². The molecule has 1 aromatic rings. The van der Waals surface area contributed by atoms with Crippen LogP contribution in [0.25, 0.3) is 0 Å². The molecule has 17 heavy (non-hydrogen) atoms. The quantitative estimate of drug-likeness (QED) is 0.704. The minimum atomic E-state index is -0.301. The average molecular weight is 228 g/mol. The molecular weight excluding hydrogens is 208 g/mol. The fraction of sp³-hybridized carbons (Fsp3) is 0.438. The van der Waals surface area contributed by atoms with Crippen LogP contribution >= 0.6 is 0 Å². The number of benzene rings is 1. The first-order valence-electron chi connectivity index (χ1n) is 6.23. The lowest BCUT2D eigenvalue weighted by atomic mass is 9.76. The Balaban J connectivity index is 2.35. The van der Waals surface area contributed by atoms with Gasteiger partial charge in [-0.05, 0) is 32.8 Å². The van der Waals surface area contributed by atoms with Gasteiger partial charge in [0, 0.05) is 5.92 Å². The van der Waals surface area contributed by atoms with E-state index in [0.717, 1.165) is 6.42 Å². The Bertz CT molecular complexity index is 470. The molecule has 0 saturated heterocycles. The first-order valence-corrected chi connectivity index (χ1v) is 6.23. The Morgan fingerprint density at radius 1 is 1.18 bits per heavy atom. The molecule has 0 aromatic heterocycles. The Morgan fingerprint density at radius 2 is 1.76 bits per heavy atom. The number of allylic oxidation sites excluding steroid dienone is 2. The largest absolute Gasteiger partial charge is 0.298 e. The highest BCUT2D eigenvalue weighted by Gasteiger charge is 2.44. The van der Waals surface area contributed by atoms with E-state index in [2.05, 4.69) is 32.9 Å². The molecule has 0 heterocycles. The molecule has 2 rings (SSSR count). The van der Waals surface area contributed by atoms with E-state index in [4.69, 9.17) is 0 Å². The Hall–Kier alpha value is -1.37. The zero-order chi connectivity index (χ0) is 12.6. The average Bonchev–Trinajstić information content (AvgIpc) is 2.47. The summed E-state index contributed by atoms with van der Waals surface area (Å²) in [7, 11) is 0. The third kappa shape index (κ3) is 1.84. The summed E-state index contributed by atoms with van der Waals surface area (Å²) in [6, 6.07) is 10.3. The van der Waals surface area contributed by atoms with Crippen molar-refractivity contribution in [3.8, 4) is 0 Å². The number of hydrogen-bond donors (Lipinski definition) is 0. The first-order chi connectivity index (χ1) is 7.97. The van der Waals surface area contributed by atoms with Gasteiger partial charge in [0.15, 0.2) is 0 Å². The van der Waals surface area contributed by atoms with Crippen molar-refractivity contribution in [1.29, 1.82) is 0 Å². The maximum atomic E-state index is 12.4. The van der Waals surface area contributed by atoms with Crippen LogP contribution in [-0.2, 0) is 11.2 Å². The predicted octanol–water partition coefficient (Wildman–Crippen LogP) is 3.79. The summed E-state index contributed by atoms with van der Waals surface area (Å²) in [6.07, 6.45) is 0.820. The van der Waals surface area contributed by atoms with Gasteiger partial charge in [0.05, 0.1) is 5.41 Å².